The van der Waals surface area contributed by atoms with Crippen LogP contribution >= 0.6 is 0 Å². The van der Waals surface area contributed by atoms with E-state index < -0.39 is 10.0 Å². The lowest BCUT2D eigenvalue weighted by molar-refractivity contribution is 0.415. The Balaban J connectivity index is 2.80. The highest BCUT2D eigenvalue weighted by Crippen LogP contribution is 2.26. The topological polar surface area (TPSA) is 55.4 Å². The van der Waals surface area contributed by atoms with Crippen LogP contribution in [-0.2, 0) is 10.0 Å². The third kappa shape index (κ3) is 2.11. The van der Waals surface area contributed by atoms with Crippen molar-refractivity contribution in [1.29, 1.82) is 0 Å². The van der Waals surface area contributed by atoms with E-state index in [1.54, 1.807) is 31.4 Å². The van der Waals surface area contributed by atoms with E-state index in [-0.39, 0.29) is 4.90 Å². The summed E-state index contributed by atoms with van der Waals surface area (Å²) in [6.45, 7) is 0. The number of ether oxygens (including phenoxy) is 1. The highest BCUT2D eigenvalue weighted by atomic mass is 32.2. The van der Waals surface area contributed by atoms with Crippen molar-refractivity contribution in [2.45, 2.75) is 4.90 Å². The van der Waals surface area contributed by atoms with Crippen molar-refractivity contribution in [2.75, 3.05) is 14.2 Å². The van der Waals surface area contributed by atoms with Crippen LogP contribution in [0.15, 0.2) is 41.3 Å². The van der Waals surface area contributed by atoms with Crippen molar-refractivity contribution in [3.63, 3.8) is 0 Å². The third-order valence-electron chi connectivity index (χ3n) is 2.61. The maximum atomic E-state index is 11.9. The molecule has 0 unspecified atom stereocenters. The number of fused-ring (bicyclic) bond motifs is 1. The van der Waals surface area contributed by atoms with E-state index in [2.05, 4.69) is 4.72 Å². The van der Waals surface area contributed by atoms with Crippen LogP contribution in [-0.4, -0.2) is 22.6 Å². The van der Waals surface area contributed by atoms with Crippen molar-refractivity contribution in [3.05, 3.63) is 36.4 Å². The lowest BCUT2D eigenvalue weighted by Gasteiger charge is -2.08. The molecule has 90 valence electrons. The quantitative estimate of drug-likeness (QED) is 0.904. The van der Waals surface area contributed by atoms with Crippen molar-refractivity contribution in [3.8, 4) is 5.75 Å². The molecule has 2 aromatic rings. The maximum absolute atomic E-state index is 11.9. The van der Waals surface area contributed by atoms with Crippen LogP contribution in [0.4, 0.5) is 0 Å². The number of nitrogens with one attached hydrogen (secondary N) is 1. The summed E-state index contributed by atoms with van der Waals surface area (Å²) in [7, 11) is -0.506. The molecule has 0 heterocycles. The summed E-state index contributed by atoms with van der Waals surface area (Å²) in [5, 5.41) is 1.52. The molecular weight excluding hydrogens is 238 g/mol. The molecule has 0 amide bonds. The van der Waals surface area contributed by atoms with E-state index in [1.807, 2.05) is 12.1 Å². The number of rotatable bonds is 3. The van der Waals surface area contributed by atoms with Gasteiger partial charge in [0, 0.05) is 5.39 Å². The minimum Gasteiger partial charge on any atom is -0.497 e. The molecule has 0 radical (unpaired) electrons. The van der Waals surface area contributed by atoms with Gasteiger partial charge in [-0.1, -0.05) is 18.2 Å². The fourth-order valence-corrected chi connectivity index (χ4v) is 2.64. The van der Waals surface area contributed by atoms with Gasteiger partial charge in [-0.2, -0.15) is 0 Å². The van der Waals surface area contributed by atoms with E-state index in [0.717, 1.165) is 5.39 Å². The molecule has 0 saturated carbocycles. The van der Waals surface area contributed by atoms with Gasteiger partial charge in [-0.25, -0.2) is 13.1 Å². The first-order valence-electron chi connectivity index (χ1n) is 5.09. The normalized spacial score (nSPS) is 11.6. The molecule has 5 heteroatoms. The molecule has 0 spiro atoms. The Morgan fingerprint density at radius 3 is 2.59 bits per heavy atom. The summed E-state index contributed by atoms with van der Waals surface area (Å²) < 4.78 is 31.2. The number of hydrogen-bond acceptors (Lipinski definition) is 3. The second-order valence-corrected chi connectivity index (χ2v) is 5.41. The molecular formula is C12H13NO3S. The zero-order valence-corrected chi connectivity index (χ0v) is 10.4. The molecule has 2 rings (SSSR count). The van der Waals surface area contributed by atoms with Gasteiger partial charge in [0.15, 0.2) is 0 Å². The van der Waals surface area contributed by atoms with Crippen LogP contribution in [0.5, 0.6) is 5.75 Å². The lowest BCUT2D eigenvalue weighted by atomic mass is 10.1. The standard InChI is InChI=1S/C12H13NO3S/c1-13-17(14,15)12-5-3-4-9-6-7-10(16-2)8-11(9)12/h3-8,13H,1-2H3. The first-order valence-corrected chi connectivity index (χ1v) is 6.57. The molecule has 0 aliphatic heterocycles. The molecule has 0 atom stereocenters. The molecule has 0 aromatic heterocycles. The fraction of sp³-hybridized carbons (Fsp3) is 0.167. The first kappa shape index (κ1) is 11.9. The highest BCUT2D eigenvalue weighted by molar-refractivity contribution is 7.89. The summed E-state index contributed by atoms with van der Waals surface area (Å²) in [5.74, 6) is 0.635. The highest BCUT2D eigenvalue weighted by Gasteiger charge is 2.15. The van der Waals surface area contributed by atoms with Gasteiger partial charge in [0.25, 0.3) is 0 Å². The molecule has 0 aliphatic carbocycles. The van der Waals surface area contributed by atoms with Crippen LogP contribution in [0.3, 0.4) is 0 Å². The third-order valence-corrected chi connectivity index (χ3v) is 4.08. The molecule has 0 fully saturated rings. The number of methoxy groups -OCH3 is 1. The molecule has 2 aromatic carbocycles. The average molecular weight is 251 g/mol. The van der Waals surface area contributed by atoms with Gasteiger partial charge in [0.1, 0.15) is 5.75 Å². The van der Waals surface area contributed by atoms with Crippen LogP contribution in [0, 0.1) is 0 Å². The number of benzene rings is 2. The molecule has 17 heavy (non-hydrogen) atoms. The Labute approximate surface area is 100 Å². The minimum atomic E-state index is -3.46. The van der Waals surface area contributed by atoms with Gasteiger partial charge < -0.3 is 4.74 Å². The Hall–Kier alpha value is -1.59. The van der Waals surface area contributed by atoms with E-state index in [1.165, 1.54) is 7.05 Å². The van der Waals surface area contributed by atoms with Crippen LogP contribution < -0.4 is 9.46 Å². The van der Waals surface area contributed by atoms with Crippen LogP contribution in [0.25, 0.3) is 10.8 Å². The minimum absolute atomic E-state index is 0.261. The number of sulfonamides is 1. The average Bonchev–Trinajstić information content (AvgIpc) is 2.37. The van der Waals surface area contributed by atoms with Crippen molar-refractivity contribution in [1.82, 2.24) is 4.72 Å². The predicted molar refractivity (Wildman–Crippen MR) is 66.7 cm³/mol. The fourth-order valence-electron chi connectivity index (χ4n) is 1.69. The summed E-state index contributed by atoms with van der Waals surface area (Å²) in [5.41, 5.74) is 0. The molecule has 0 saturated heterocycles. The van der Waals surface area contributed by atoms with Gasteiger partial charge >= 0.3 is 0 Å². The smallest absolute Gasteiger partial charge is 0.240 e. The molecule has 4 nitrogen and oxygen atoms in total. The van der Waals surface area contributed by atoms with E-state index >= 15 is 0 Å². The van der Waals surface area contributed by atoms with Crippen LogP contribution in [0.1, 0.15) is 0 Å². The Morgan fingerprint density at radius 2 is 1.94 bits per heavy atom. The zero-order valence-electron chi connectivity index (χ0n) is 9.60. The van der Waals surface area contributed by atoms with E-state index in [4.69, 9.17) is 4.74 Å². The maximum Gasteiger partial charge on any atom is 0.240 e. The van der Waals surface area contributed by atoms with E-state index in [9.17, 15) is 8.42 Å². The lowest BCUT2D eigenvalue weighted by Crippen LogP contribution is -2.18. The monoisotopic (exact) mass is 251 g/mol. The summed E-state index contributed by atoms with van der Waals surface area (Å²) in [4.78, 5) is 0.261. The first-order chi connectivity index (χ1) is 8.08. The molecule has 1 N–H and O–H groups in total. The summed E-state index contributed by atoms with van der Waals surface area (Å²) in [6.07, 6.45) is 0. The summed E-state index contributed by atoms with van der Waals surface area (Å²) >= 11 is 0. The summed E-state index contributed by atoms with van der Waals surface area (Å²) in [6, 6.07) is 10.5. The predicted octanol–water partition coefficient (Wildman–Crippen LogP) is 1.76. The largest absolute Gasteiger partial charge is 0.497 e. The van der Waals surface area contributed by atoms with Gasteiger partial charge in [0.05, 0.1) is 12.0 Å². The van der Waals surface area contributed by atoms with Crippen molar-refractivity contribution in [2.24, 2.45) is 0 Å². The SMILES string of the molecule is CNS(=O)(=O)c1cccc2ccc(OC)cc12. The second kappa shape index (κ2) is 4.35. The van der Waals surface area contributed by atoms with Gasteiger partial charge in [-0.05, 0) is 30.6 Å². The molecule has 0 bridgehead atoms. The Kier molecular flexibility index (Phi) is 3.04. The Bertz CT molecular complexity index is 650. The zero-order chi connectivity index (χ0) is 12.5. The second-order valence-electron chi connectivity index (χ2n) is 3.55. The van der Waals surface area contributed by atoms with E-state index in [0.29, 0.717) is 11.1 Å². The van der Waals surface area contributed by atoms with Crippen LogP contribution in [0.2, 0.25) is 0 Å². The van der Waals surface area contributed by atoms with Crippen molar-refractivity contribution >= 4 is 20.8 Å². The van der Waals surface area contributed by atoms with Gasteiger partial charge in [0.2, 0.25) is 10.0 Å². The Morgan fingerprint density at radius 1 is 1.18 bits per heavy atom. The van der Waals surface area contributed by atoms with Crippen molar-refractivity contribution < 1.29 is 13.2 Å². The van der Waals surface area contributed by atoms with Gasteiger partial charge in [-0.15, -0.1) is 0 Å². The number of hydrogen-bond donors (Lipinski definition) is 1. The molecule has 0 aliphatic rings. The van der Waals surface area contributed by atoms with Gasteiger partial charge in [-0.3, -0.25) is 0 Å².